The highest BCUT2D eigenvalue weighted by Crippen LogP contribution is 2.37. The number of benzene rings is 3. The van der Waals surface area contributed by atoms with Crippen LogP contribution in [0.1, 0.15) is 34.1 Å². The van der Waals surface area contributed by atoms with Crippen LogP contribution in [0.4, 0.5) is 10.7 Å². The number of rotatable bonds is 9. The van der Waals surface area contributed by atoms with E-state index in [1.165, 1.54) is 28.7 Å². The Bertz CT molecular complexity index is 1580. The largest absolute Gasteiger partial charge is 0.326 e. The molecule has 1 aliphatic heterocycles. The molecule has 0 radical (unpaired) electrons. The van der Waals surface area contributed by atoms with Gasteiger partial charge in [0.05, 0.1) is 17.2 Å². The highest BCUT2D eigenvalue weighted by molar-refractivity contribution is 8.00. The Labute approximate surface area is 253 Å². The van der Waals surface area contributed by atoms with E-state index in [2.05, 4.69) is 33.7 Å². The van der Waals surface area contributed by atoms with Gasteiger partial charge in [-0.05, 0) is 60.4 Å². The van der Waals surface area contributed by atoms with Gasteiger partial charge in [0.1, 0.15) is 11.1 Å². The third-order valence-electron chi connectivity index (χ3n) is 6.81. The van der Waals surface area contributed by atoms with E-state index in [1.807, 2.05) is 61.5 Å². The molecule has 0 bridgehead atoms. The first-order valence-electron chi connectivity index (χ1n) is 13.3. The SMILES string of the molecule is CC(Sc1cccc(NC(=O)Cc2ccc(Cl)cc2)c1)C(=O)Nc1sc2c(c1C#N)CCN(Cc1ccccc1)C2. The molecule has 6 nitrogen and oxygen atoms in total. The number of carbonyl (C=O) groups excluding carboxylic acids is 2. The normalized spacial score (nSPS) is 13.6. The lowest BCUT2D eigenvalue weighted by Crippen LogP contribution is -2.29. The number of carbonyl (C=O) groups is 2. The molecule has 2 heterocycles. The Morgan fingerprint density at radius 3 is 2.59 bits per heavy atom. The molecule has 1 atom stereocenters. The van der Waals surface area contributed by atoms with E-state index in [9.17, 15) is 14.9 Å². The molecule has 41 heavy (non-hydrogen) atoms. The van der Waals surface area contributed by atoms with Gasteiger partial charge in [0.15, 0.2) is 0 Å². The first-order chi connectivity index (χ1) is 19.9. The summed E-state index contributed by atoms with van der Waals surface area (Å²) in [6, 6.07) is 27.3. The van der Waals surface area contributed by atoms with Gasteiger partial charge in [0, 0.05) is 40.1 Å². The number of thioether (sulfide) groups is 1. The summed E-state index contributed by atoms with van der Waals surface area (Å²) in [5.74, 6) is -0.295. The standard InChI is InChI=1S/C32H29ClN4O2S2/c1-21(40-26-9-5-8-25(17-26)35-30(38)16-22-10-12-24(33)13-11-22)31(39)36-32-28(18-34)27-14-15-37(20-29(27)41-32)19-23-6-3-2-4-7-23/h2-13,17,21H,14-16,19-20H2,1H3,(H,35,38)(H,36,39). The van der Waals surface area contributed by atoms with Crippen molar-refractivity contribution in [1.82, 2.24) is 4.90 Å². The van der Waals surface area contributed by atoms with Crippen molar-refractivity contribution in [2.45, 2.75) is 43.0 Å². The number of thiophene rings is 1. The van der Waals surface area contributed by atoms with Crippen molar-refractivity contribution in [2.75, 3.05) is 17.2 Å². The third-order valence-corrected chi connectivity index (χ3v) is 9.29. The van der Waals surface area contributed by atoms with Gasteiger partial charge in [-0.25, -0.2) is 0 Å². The Balaban J connectivity index is 1.19. The fourth-order valence-electron chi connectivity index (χ4n) is 4.75. The predicted molar refractivity (Wildman–Crippen MR) is 167 cm³/mol. The number of halogens is 1. The summed E-state index contributed by atoms with van der Waals surface area (Å²) in [5, 5.41) is 16.7. The Kier molecular flexibility index (Phi) is 9.42. The number of fused-ring (bicyclic) bond motifs is 1. The van der Waals surface area contributed by atoms with Crippen LogP contribution in [0.5, 0.6) is 0 Å². The summed E-state index contributed by atoms with van der Waals surface area (Å²) < 4.78 is 0. The number of hydrogen-bond acceptors (Lipinski definition) is 6. The second-order valence-electron chi connectivity index (χ2n) is 9.89. The van der Waals surface area contributed by atoms with Crippen molar-refractivity contribution in [1.29, 1.82) is 5.26 Å². The number of nitriles is 1. The summed E-state index contributed by atoms with van der Waals surface area (Å²) in [6.07, 6.45) is 1.03. The van der Waals surface area contributed by atoms with Crippen molar-refractivity contribution < 1.29 is 9.59 Å². The molecule has 1 aliphatic rings. The number of anilines is 2. The van der Waals surface area contributed by atoms with Crippen LogP contribution in [0.15, 0.2) is 83.8 Å². The molecule has 9 heteroatoms. The minimum absolute atomic E-state index is 0.131. The number of hydrogen-bond donors (Lipinski definition) is 2. The molecular weight excluding hydrogens is 572 g/mol. The van der Waals surface area contributed by atoms with Gasteiger partial charge in [0.25, 0.3) is 0 Å². The topological polar surface area (TPSA) is 85.2 Å². The average Bonchev–Trinajstić information content (AvgIpc) is 3.31. The maximum Gasteiger partial charge on any atom is 0.238 e. The second-order valence-corrected chi connectivity index (χ2v) is 12.9. The van der Waals surface area contributed by atoms with Gasteiger partial charge in [-0.3, -0.25) is 14.5 Å². The van der Waals surface area contributed by atoms with Crippen molar-refractivity contribution in [2.24, 2.45) is 0 Å². The van der Waals surface area contributed by atoms with Crippen LogP contribution in [0, 0.1) is 11.3 Å². The minimum atomic E-state index is -0.407. The quantitative estimate of drug-likeness (QED) is 0.200. The molecule has 1 aromatic heterocycles. The molecule has 1 unspecified atom stereocenters. The molecule has 0 spiro atoms. The van der Waals surface area contributed by atoms with E-state index in [1.54, 1.807) is 12.1 Å². The van der Waals surface area contributed by atoms with Gasteiger partial charge >= 0.3 is 0 Å². The smallest absolute Gasteiger partial charge is 0.238 e. The van der Waals surface area contributed by atoms with E-state index in [0.29, 0.717) is 21.3 Å². The molecule has 0 saturated heterocycles. The molecule has 2 N–H and O–H groups in total. The monoisotopic (exact) mass is 600 g/mol. The molecule has 0 saturated carbocycles. The zero-order valence-corrected chi connectivity index (χ0v) is 24.9. The van der Waals surface area contributed by atoms with Crippen molar-refractivity contribution >= 4 is 57.2 Å². The van der Waals surface area contributed by atoms with Gasteiger partial charge in [0.2, 0.25) is 11.8 Å². The molecule has 4 aromatic rings. The summed E-state index contributed by atoms with van der Waals surface area (Å²) in [6.45, 7) is 4.34. The fraction of sp³-hybridized carbons (Fsp3) is 0.219. The molecular formula is C32H29ClN4O2S2. The van der Waals surface area contributed by atoms with E-state index in [4.69, 9.17) is 11.6 Å². The summed E-state index contributed by atoms with van der Waals surface area (Å²) in [4.78, 5) is 30.1. The third kappa shape index (κ3) is 7.57. The van der Waals surface area contributed by atoms with Crippen LogP contribution in [-0.4, -0.2) is 28.5 Å². The average molecular weight is 601 g/mol. The molecule has 208 valence electrons. The second kappa shape index (κ2) is 13.4. The Morgan fingerprint density at radius 2 is 1.83 bits per heavy atom. The lowest BCUT2D eigenvalue weighted by molar-refractivity contribution is -0.116. The first-order valence-corrected chi connectivity index (χ1v) is 15.4. The maximum atomic E-state index is 13.2. The van der Waals surface area contributed by atoms with E-state index < -0.39 is 5.25 Å². The highest BCUT2D eigenvalue weighted by Gasteiger charge is 2.26. The zero-order chi connectivity index (χ0) is 28.8. The van der Waals surface area contributed by atoms with Crippen LogP contribution in [-0.2, 0) is 35.5 Å². The molecule has 5 rings (SSSR count). The van der Waals surface area contributed by atoms with Gasteiger partial charge in [-0.1, -0.05) is 60.1 Å². The lowest BCUT2D eigenvalue weighted by Gasteiger charge is -2.26. The first kappa shape index (κ1) is 28.9. The van der Waals surface area contributed by atoms with E-state index >= 15 is 0 Å². The summed E-state index contributed by atoms with van der Waals surface area (Å²) >= 11 is 8.83. The number of nitrogens with zero attached hydrogens (tertiary/aromatic N) is 2. The molecule has 3 aromatic carbocycles. The van der Waals surface area contributed by atoms with Crippen LogP contribution >= 0.6 is 34.7 Å². The van der Waals surface area contributed by atoms with Crippen LogP contribution in [0.2, 0.25) is 5.02 Å². The van der Waals surface area contributed by atoms with E-state index in [-0.39, 0.29) is 18.2 Å². The Hall–Kier alpha value is -3.61. The highest BCUT2D eigenvalue weighted by atomic mass is 35.5. The summed E-state index contributed by atoms with van der Waals surface area (Å²) in [7, 11) is 0. The van der Waals surface area contributed by atoms with Crippen molar-refractivity contribution in [3.05, 3.63) is 111 Å². The predicted octanol–water partition coefficient (Wildman–Crippen LogP) is 7.13. The fourth-order valence-corrected chi connectivity index (χ4v) is 7.05. The molecule has 0 aliphatic carbocycles. The van der Waals surface area contributed by atoms with Gasteiger partial charge in [-0.15, -0.1) is 23.1 Å². The van der Waals surface area contributed by atoms with Gasteiger partial charge < -0.3 is 10.6 Å². The van der Waals surface area contributed by atoms with E-state index in [0.717, 1.165) is 47.0 Å². The summed E-state index contributed by atoms with van der Waals surface area (Å²) in [5.41, 5.74) is 4.44. The Morgan fingerprint density at radius 1 is 1.05 bits per heavy atom. The van der Waals surface area contributed by atoms with Crippen LogP contribution in [0.3, 0.4) is 0 Å². The van der Waals surface area contributed by atoms with Crippen molar-refractivity contribution in [3.8, 4) is 6.07 Å². The molecule has 0 fully saturated rings. The van der Waals surface area contributed by atoms with Crippen LogP contribution < -0.4 is 10.6 Å². The minimum Gasteiger partial charge on any atom is -0.326 e. The van der Waals surface area contributed by atoms with Crippen molar-refractivity contribution in [3.63, 3.8) is 0 Å². The zero-order valence-electron chi connectivity index (χ0n) is 22.5. The molecule has 2 amide bonds. The lowest BCUT2D eigenvalue weighted by atomic mass is 10.0. The number of amides is 2. The maximum absolute atomic E-state index is 13.2. The van der Waals surface area contributed by atoms with Gasteiger partial charge in [-0.2, -0.15) is 5.26 Å². The van der Waals surface area contributed by atoms with Crippen LogP contribution in [0.25, 0.3) is 0 Å². The number of nitrogens with one attached hydrogen (secondary N) is 2.